The third-order valence-electron chi connectivity index (χ3n) is 3.15. The van der Waals surface area contributed by atoms with Gasteiger partial charge in [-0.1, -0.05) is 0 Å². The monoisotopic (exact) mass is 321 g/mol. The number of hydroxylamine groups is 2. The summed E-state index contributed by atoms with van der Waals surface area (Å²) >= 11 is 0. The van der Waals surface area contributed by atoms with Crippen molar-refractivity contribution in [3.8, 4) is 0 Å². The van der Waals surface area contributed by atoms with E-state index in [1.54, 1.807) is 6.92 Å². The Hall–Kier alpha value is -2.16. The van der Waals surface area contributed by atoms with E-state index < -0.39 is 36.5 Å². The van der Waals surface area contributed by atoms with Crippen LogP contribution in [0, 0.1) is 5.82 Å². The number of hydrogen-bond donors (Lipinski definition) is 1. The van der Waals surface area contributed by atoms with Gasteiger partial charge in [0, 0.05) is 5.69 Å². The molecule has 0 radical (unpaired) electrons. The number of quaternary nitrogens is 1. The van der Waals surface area contributed by atoms with Crippen LogP contribution in [0.1, 0.15) is 6.92 Å². The van der Waals surface area contributed by atoms with Crippen molar-refractivity contribution in [1.82, 2.24) is 0 Å². The van der Waals surface area contributed by atoms with Gasteiger partial charge in [0.25, 0.3) is 5.91 Å². The molecule has 1 saturated heterocycles. The molecule has 1 amide bonds. The van der Waals surface area contributed by atoms with Gasteiger partial charge in [-0.25, -0.2) is 9.18 Å². The minimum Gasteiger partial charge on any atom is -0.299 e. The van der Waals surface area contributed by atoms with Gasteiger partial charge in [-0.15, -0.1) is 5.06 Å². The van der Waals surface area contributed by atoms with Crippen LogP contribution in [0.2, 0.25) is 0 Å². The molecule has 5 nitrogen and oxygen atoms in total. The molecule has 0 spiro atoms. The molecule has 0 saturated carbocycles. The number of rotatable bonds is 2. The van der Waals surface area contributed by atoms with Crippen LogP contribution in [0.25, 0.3) is 0 Å². The zero-order valence-electron chi connectivity index (χ0n) is 11.5. The Bertz CT molecular complexity index is 574. The van der Waals surface area contributed by atoms with E-state index in [4.69, 9.17) is 0 Å². The predicted molar refractivity (Wildman–Crippen MR) is 66.2 cm³/mol. The quantitative estimate of drug-likeness (QED) is 0.806. The number of carbonyl (C=O) groups excluding carboxylic acids is 2. The second kappa shape index (κ2) is 5.91. The lowest BCUT2D eigenvalue weighted by Gasteiger charge is -2.35. The van der Waals surface area contributed by atoms with E-state index >= 15 is 0 Å². The maximum Gasteiger partial charge on any atom is 0.497 e. The number of halogens is 4. The minimum absolute atomic E-state index is 0.00899. The number of benzene rings is 1. The van der Waals surface area contributed by atoms with Crippen molar-refractivity contribution in [3.05, 3.63) is 30.1 Å². The van der Waals surface area contributed by atoms with Crippen molar-refractivity contribution < 1.29 is 37.1 Å². The lowest BCUT2D eigenvalue weighted by atomic mass is 10.1. The van der Waals surface area contributed by atoms with Crippen molar-refractivity contribution in [2.45, 2.75) is 19.1 Å². The maximum absolute atomic E-state index is 12.9. The van der Waals surface area contributed by atoms with Crippen LogP contribution in [-0.4, -0.2) is 37.2 Å². The minimum atomic E-state index is -5.10. The normalized spacial score (nSPS) is 22.6. The summed E-state index contributed by atoms with van der Waals surface area (Å²) in [5.41, 5.74) is 0.431. The molecule has 1 aliphatic heterocycles. The predicted octanol–water partition coefficient (Wildman–Crippen LogP) is 0.466. The largest absolute Gasteiger partial charge is 0.497 e. The lowest BCUT2D eigenvalue weighted by molar-refractivity contribution is -1.07. The zero-order valence-corrected chi connectivity index (χ0v) is 11.5. The molecule has 1 N–H and O–H groups in total. The first-order chi connectivity index (χ1) is 10.2. The van der Waals surface area contributed by atoms with E-state index in [-0.39, 0.29) is 11.6 Å². The molecule has 0 aliphatic carbocycles. The van der Waals surface area contributed by atoms with Gasteiger partial charge in [0.1, 0.15) is 12.4 Å². The first kappa shape index (κ1) is 16.2. The van der Waals surface area contributed by atoms with Crippen LogP contribution in [0.15, 0.2) is 24.3 Å². The Morgan fingerprint density at radius 2 is 1.91 bits per heavy atom. The SMILES string of the molecule is CC1C[NH+](OC(=O)C(F)(F)F)CC(=O)N1c1ccc(F)cc1. The molecule has 9 heteroatoms. The molecule has 0 bridgehead atoms. The number of anilines is 1. The first-order valence-electron chi connectivity index (χ1n) is 6.40. The van der Waals surface area contributed by atoms with Gasteiger partial charge in [0.15, 0.2) is 6.54 Å². The van der Waals surface area contributed by atoms with E-state index in [9.17, 15) is 27.2 Å². The molecule has 2 atom stereocenters. The van der Waals surface area contributed by atoms with Crippen LogP contribution < -0.4 is 9.96 Å². The number of piperazine rings is 1. The number of nitrogens with zero attached hydrogens (tertiary/aromatic N) is 1. The highest BCUT2D eigenvalue weighted by Crippen LogP contribution is 2.19. The van der Waals surface area contributed by atoms with E-state index in [0.29, 0.717) is 5.69 Å². The van der Waals surface area contributed by atoms with Crippen molar-refractivity contribution >= 4 is 17.6 Å². The maximum atomic E-state index is 12.9. The number of carbonyl (C=O) groups is 2. The third-order valence-corrected chi connectivity index (χ3v) is 3.15. The van der Waals surface area contributed by atoms with Crippen molar-refractivity contribution in [3.63, 3.8) is 0 Å². The van der Waals surface area contributed by atoms with Gasteiger partial charge in [-0.05, 0) is 31.2 Å². The summed E-state index contributed by atoms with van der Waals surface area (Å²) in [5, 5.41) is -0.224. The molecule has 2 unspecified atom stereocenters. The number of nitrogens with one attached hydrogen (secondary N) is 1. The average molecular weight is 321 g/mol. The van der Waals surface area contributed by atoms with Crippen LogP contribution in [0.3, 0.4) is 0 Å². The molecule has 1 heterocycles. The lowest BCUT2D eigenvalue weighted by Crippen LogP contribution is -3.16. The van der Waals surface area contributed by atoms with Crippen molar-refractivity contribution in [2.24, 2.45) is 0 Å². The number of alkyl halides is 3. The van der Waals surface area contributed by atoms with Crippen molar-refractivity contribution in [1.29, 1.82) is 0 Å². The summed E-state index contributed by atoms with van der Waals surface area (Å²) in [6.07, 6.45) is -5.10. The summed E-state index contributed by atoms with van der Waals surface area (Å²) in [4.78, 5) is 28.5. The van der Waals surface area contributed by atoms with Gasteiger partial charge in [0.05, 0.1) is 6.04 Å². The van der Waals surface area contributed by atoms with Gasteiger partial charge < -0.3 is 0 Å². The van der Waals surface area contributed by atoms with Gasteiger partial charge >= 0.3 is 12.1 Å². The van der Waals surface area contributed by atoms with E-state index in [1.165, 1.54) is 29.2 Å². The standard InChI is InChI=1S/C13H12F4N2O3/c1-8-6-18(22-12(21)13(15,16)17)7-11(20)19(8)10-4-2-9(14)3-5-10/h2-5,8H,6-7H2,1H3/p+1. The molecule has 1 aliphatic rings. The second-order valence-corrected chi connectivity index (χ2v) is 4.90. The second-order valence-electron chi connectivity index (χ2n) is 4.90. The Labute approximate surface area is 123 Å². The highest BCUT2D eigenvalue weighted by Gasteiger charge is 2.46. The molecule has 22 heavy (non-hydrogen) atoms. The number of hydrogen-bond acceptors (Lipinski definition) is 3. The zero-order chi connectivity index (χ0) is 16.5. The van der Waals surface area contributed by atoms with E-state index in [0.717, 1.165) is 0 Å². The Kier molecular flexibility index (Phi) is 4.36. The summed E-state index contributed by atoms with van der Waals surface area (Å²) < 4.78 is 49.4. The molecule has 0 aromatic heterocycles. The van der Waals surface area contributed by atoms with Gasteiger partial charge in [-0.2, -0.15) is 13.2 Å². The van der Waals surface area contributed by atoms with Gasteiger partial charge in [-0.3, -0.25) is 14.5 Å². The molecule has 1 fully saturated rings. The molecule has 120 valence electrons. The molecular weight excluding hydrogens is 308 g/mol. The highest BCUT2D eigenvalue weighted by atomic mass is 19.4. The Balaban J connectivity index is 2.08. The van der Waals surface area contributed by atoms with Crippen LogP contribution in [0.5, 0.6) is 0 Å². The van der Waals surface area contributed by atoms with E-state index in [2.05, 4.69) is 4.84 Å². The fraction of sp³-hybridized carbons (Fsp3) is 0.385. The van der Waals surface area contributed by atoms with Crippen LogP contribution >= 0.6 is 0 Å². The van der Waals surface area contributed by atoms with E-state index in [1.807, 2.05) is 0 Å². The number of amides is 1. The van der Waals surface area contributed by atoms with Gasteiger partial charge in [0.2, 0.25) is 0 Å². The van der Waals surface area contributed by atoms with Crippen LogP contribution in [-0.2, 0) is 14.4 Å². The Morgan fingerprint density at radius 3 is 2.41 bits per heavy atom. The average Bonchev–Trinajstić information content (AvgIpc) is 2.39. The summed E-state index contributed by atoms with van der Waals surface area (Å²) in [7, 11) is 0. The smallest absolute Gasteiger partial charge is 0.299 e. The summed E-state index contributed by atoms with van der Waals surface area (Å²) in [6.45, 7) is 1.16. The molecule has 1 aromatic carbocycles. The topological polar surface area (TPSA) is 51.1 Å². The fourth-order valence-corrected chi connectivity index (χ4v) is 2.26. The first-order valence-corrected chi connectivity index (χ1v) is 6.40. The molecule has 2 rings (SSSR count). The summed E-state index contributed by atoms with van der Waals surface area (Å²) in [6, 6.07) is 4.64. The Morgan fingerprint density at radius 1 is 1.32 bits per heavy atom. The fourth-order valence-electron chi connectivity index (χ4n) is 2.26. The van der Waals surface area contributed by atoms with Crippen molar-refractivity contribution in [2.75, 3.05) is 18.0 Å². The summed E-state index contributed by atoms with van der Waals surface area (Å²) in [5.74, 6) is -3.32. The van der Waals surface area contributed by atoms with Crippen LogP contribution in [0.4, 0.5) is 23.2 Å². The third kappa shape index (κ3) is 3.53. The molecular formula is C13H13F4N2O3+. The molecule has 1 aromatic rings. The highest BCUT2D eigenvalue weighted by molar-refractivity contribution is 5.95.